The van der Waals surface area contributed by atoms with Crippen molar-refractivity contribution in [2.24, 2.45) is 0 Å². The van der Waals surface area contributed by atoms with Crippen LogP contribution in [0.3, 0.4) is 0 Å². The summed E-state index contributed by atoms with van der Waals surface area (Å²) in [5, 5.41) is 3.05. The number of aryl methyl sites for hydroxylation is 1. The molecule has 0 saturated heterocycles. The summed E-state index contributed by atoms with van der Waals surface area (Å²) in [7, 11) is 2.96. The number of methoxy groups -OCH3 is 2. The lowest BCUT2D eigenvalue weighted by Gasteiger charge is -2.16. The number of carbonyl (C=O) groups excluding carboxylic acids is 1. The van der Waals surface area contributed by atoms with E-state index >= 15 is 0 Å². The molecule has 4 nitrogen and oxygen atoms in total. The zero-order valence-electron chi connectivity index (χ0n) is 10.0. The van der Waals surface area contributed by atoms with Crippen LogP contribution in [0.2, 0.25) is 0 Å². The van der Waals surface area contributed by atoms with Crippen molar-refractivity contribution in [2.75, 3.05) is 19.5 Å². The molecular weight excluding hydrogens is 206 g/mol. The molecular formula is C12H17NO3. The molecule has 88 valence electrons. The molecule has 1 atom stereocenters. The van der Waals surface area contributed by atoms with E-state index in [-0.39, 0.29) is 5.97 Å². The van der Waals surface area contributed by atoms with Crippen molar-refractivity contribution in [3.8, 4) is 5.75 Å². The molecule has 0 heterocycles. The first-order valence-corrected chi connectivity index (χ1v) is 5.07. The Balaban J connectivity index is 2.86. The van der Waals surface area contributed by atoms with Crippen LogP contribution in [0.25, 0.3) is 0 Å². The molecule has 0 amide bonds. The predicted octanol–water partition coefficient (Wildman–Crippen LogP) is 1.98. The number of hydrogen-bond donors (Lipinski definition) is 1. The van der Waals surface area contributed by atoms with Gasteiger partial charge < -0.3 is 14.8 Å². The minimum absolute atomic E-state index is 0.302. The fraction of sp³-hybridized carbons (Fsp3) is 0.417. The minimum Gasteiger partial charge on any atom is -0.495 e. The Morgan fingerprint density at radius 2 is 2.06 bits per heavy atom. The van der Waals surface area contributed by atoms with Crippen LogP contribution < -0.4 is 10.1 Å². The van der Waals surface area contributed by atoms with Crippen LogP contribution in [0.4, 0.5) is 5.69 Å². The van der Waals surface area contributed by atoms with Gasteiger partial charge in [0.05, 0.1) is 19.9 Å². The van der Waals surface area contributed by atoms with Crippen molar-refractivity contribution in [1.82, 2.24) is 0 Å². The molecule has 1 unspecified atom stereocenters. The Morgan fingerprint density at radius 1 is 1.38 bits per heavy atom. The van der Waals surface area contributed by atoms with E-state index in [0.29, 0.717) is 5.75 Å². The lowest BCUT2D eigenvalue weighted by Crippen LogP contribution is -2.27. The molecule has 1 N–H and O–H groups in total. The average molecular weight is 223 g/mol. The van der Waals surface area contributed by atoms with Gasteiger partial charge >= 0.3 is 5.97 Å². The summed E-state index contributed by atoms with van der Waals surface area (Å²) in [6, 6.07) is 5.34. The summed E-state index contributed by atoms with van der Waals surface area (Å²) in [6.45, 7) is 3.72. The maximum atomic E-state index is 11.3. The van der Waals surface area contributed by atoms with Gasteiger partial charge in [0.25, 0.3) is 0 Å². The van der Waals surface area contributed by atoms with Crippen LogP contribution in [0.5, 0.6) is 5.75 Å². The molecule has 0 bridgehead atoms. The molecule has 1 aromatic carbocycles. The fourth-order valence-corrected chi connectivity index (χ4v) is 1.40. The SMILES string of the molecule is COC(=O)C(C)Nc1cc(C)ccc1OC. The third-order valence-electron chi connectivity index (χ3n) is 2.28. The van der Waals surface area contributed by atoms with Crippen molar-refractivity contribution in [2.45, 2.75) is 19.9 Å². The van der Waals surface area contributed by atoms with Crippen LogP contribution in [0.15, 0.2) is 18.2 Å². The first kappa shape index (κ1) is 12.4. The molecule has 0 radical (unpaired) electrons. The van der Waals surface area contributed by atoms with E-state index in [1.807, 2.05) is 25.1 Å². The number of benzene rings is 1. The van der Waals surface area contributed by atoms with Crippen molar-refractivity contribution >= 4 is 11.7 Å². The Kier molecular flexibility index (Phi) is 4.17. The van der Waals surface area contributed by atoms with Gasteiger partial charge in [0.1, 0.15) is 11.8 Å². The van der Waals surface area contributed by atoms with Gasteiger partial charge in [-0.3, -0.25) is 0 Å². The van der Waals surface area contributed by atoms with Crippen molar-refractivity contribution in [1.29, 1.82) is 0 Å². The van der Waals surface area contributed by atoms with Gasteiger partial charge in [0.15, 0.2) is 0 Å². The number of hydrogen-bond acceptors (Lipinski definition) is 4. The number of esters is 1. The standard InChI is InChI=1S/C12H17NO3/c1-8-5-6-11(15-3)10(7-8)13-9(2)12(14)16-4/h5-7,9,13H,1-4H3. The number of carbonyl (C=O) groups is 1. The molecule has 0 spiro atoms. The molecule has 0 fully saturated rings. The van der Waals surface area contributed by atoms with Crippen LogP contribution in [-0.2, 0) is 9.53 Å². The molecule has 0 aliphatic carbocycles. The van der Waals surface area contributed by atoms with E-state index in [1.54, 1.807) is 14.0 Å². The monoisotopic (exact) mass is 223 g/mol. The second-order valence-corrected chi connectivity index (χ2v) is 3.59. The highest BCUT2D eigenvalue weighted by Gasteiger charge is 2.14. The number of anilines is 1. The van der Waals surface area contributed by atoms with E-state index in [2.05, 4.69) is 10.1 Å². The lowest BCUT2D eigenvalue weighted by molar-refractivity contribution is -0.141. The van der Waals surface area contributed by atoms with Gasteiger partial charge in [-0.25, -0.2) is 4.79 Å². The van der Waals surface area contributed by atoms with Crippen LogP contribution in [0.1, 0.15) is 12.5 Å². The first-order chi connectivity index (χ1) is 7.58. The quantitative estimate of drug-likeness (QED) is 0.793. The Morgan fingerprint density at radius 3 is 2.62 bits per heavy atom. The topological polar surface area (TPSA) is 47.6 Å². The molecule has 1 rings (SSSR count). The van der Waals surface area contributed by atoms with Crippen molar-refractivity contribution in [3.63, 3.8) is 0 Å². The molecule has 1 aromatic rings. The summed E-state index contributed by atoms with van der Waals surface area (Å²) >= 11 is 0. The highest BCUT2D eigenvalue weighted by Crippen LogP contribution is 2.25. The second-order valence-electron chi connectivity index (χ2n) is 3.59. The van der Waals surface area contributed by atoms with Gasteiger partial charge in [0, 0.05) is 0 Å². The number of nitrogens with one attached hydrogen (secondary N) is 1. The Bertz CT molecular complexity index is 377. The molecule has 0 aliphatic rings. The van der Waals surface area contributed by atoms with Crippen LogP contribution >= 0.6 is 0 Å². The summed E-state index contributed by atoms with van der Waals surface area (Å²) in [4.78, 5) is 11.3. The van der Waals surface area contributed by atoms with Gasteiger partial charge in [-0.05, 0) is 31.5 Å². The summed E-state index contributed by atoms with van der Waals surface area (Å²) in [6.07, 6.45) is 0. The normalized spacial score (nSPS) is 11.8. The van der Waals surface area contributed by atoms with Crippen LogP contribution in [0, 0.1) is 6.92 Å². The average Bonchev–Trinajstić information content (AvgIpc) is 2.28. The first-order valence-electron chi connectivity index (χ1n) is 5.07. The summed E-state index contributed by atoms with van der Waals surface area (Å²) in [5.74, 6) is 0.407. The third-order valence-corrected chi connectivity index (χ3v) is 2.28. The Hall–Kier alpha value is -1.71. The molecule has 0 saturated carbocycles. The van der Waals surface area contributed by atoms with Crippen molar-refractivity contribution in [3.05, 3.63) is 23.8 Å². The molecule has 0 aromatic heterocycles. The van der Waals surface area contributed by atoms with Gasteiger partial charge in [-0.1, -0.05) is 6.07 Å². The highest BCUT2D eigenvalue weighted by molar-refractivity contribution is 5.79. The van der Waals surface area contributed by atoms with Gasteiger partial charge in [-0.15, -0.1) is 0 Å². The number of ether oxygens (including phenoxy) is 2. The summed E-state index contributed by atoms with van der Waals surface area (Å²) in [5.41, 5.74) is 1.89. The van der Waals surface area contributed by atoms with E-state index in [0.717, 1.165) is 11.3 Å². The fourth-order valence-electron chi connectivity index (χ4n) is 1.40. The van der Waals surface area contributed by atoms with E-state index < -0.39 is 6.04 Å². The van der Waals surface area contributed by atoms with Gasteiger partial charge in [-0.2, -0.15) is 0 Å². The van der Waals surface area contributed by atoms with Gasteiger partial charge in [0.2, 0.25) is 0 Å². The second kappa shape index (κ2) is 5.39. The van der Waals surface area contributed by atoms with E-state index in [9.17, 15) is 4.79 Å². The third kappa shape index (κ3) is 2.89. The zero-order valence-corrected chi connectivity index (χ0v) is 10.0. The maximum Gasteiger partial charge on any atom is 0.327 e. The minimum atomic E-state index is -0.402. The number of rotatable bonds is 4. The Labute approximate surface area is 95.6 Å². The van der Waals surface area contributed by atoms with Crippen LogP contribution in [-0.4, -0.2) is 26.2 Å². The maximum absolute atomic E-state index is 11.3. The summed E-state index contributed by atoms with van der Waals surface area (Å²) < 4.78 is 9.85. The predicted molar refractivity (Wildman–Crippen MR) is 62.8 cm³/mol. The largest absolute Gasteiger partial charge is 0.495 e. The molecule has 4 heteroatoms. The molecule has 0 aliphatic heterocycles. The highest BCUT2D eigenvalue weighted by atomic mass is 16.5. The lowest BCUT2D eigenvalue weighted by atomic mass is 10.2. The van der Waals surface area contributed by atoms with E-state index in [1.165, 1.54) is 7.11 Å². The zero-order chi connectivity index (χ0) is 12.1. The smallest absolute Gasteiger partial charge is 0.327 e. The van der Waals surface area contributed by atoms with Crippen molar-refractivity contribution < 1.29 is 14.3 Å². The molecule has 16 heavy (non-hydrogen) atoms. The van der Waals surface area contributed by atoms with E-state index in [4.69, 9.17) is 4.74 Å².